The van der Waals surface area contributed by atoms with Gasteiger partial charge in [0.25, 0.3) is 5.91 Å². The smallest absolute Gasteiger partial charge is 0.279 e. The minimum atomic E-state index is -3.53. The lowest BCUT2D eigenvalue weighted by Crippen LogP contribution is -2.88. The Morgan fingerprint density at radius 3 is 2.10 bits per heavy atom. The van der Waals surface area contributed by atoms with E-state index >= 15 is 0 Å². The van der Waals surface area contributed by atoms with E-state index in [4.69, 9.17) is 0 Å². The molecule has 0 saturated heterocycles. The average molecular weight is 419 g/mol. The zero-order valence-corrected chi connectivity index (χ0v) is 18.6. The SMILES string of the molecule is CC(C)[C@H]([NH2+]CC(=O)Nc1ccc(S(=O)(=O)N(C)C(C)C)cc1)c1ccccc1. The number of amides is 1. The van der Waals surface area contributed by atoms with Crippen molar-refractivity contribution in [3.8, 4) is 0 Å². The number of nitrogens with one attached hydrogen (secondary N) is 1. The number of hydrogen-bond acceptors (Lipinski definition) is 3. The largest absolute Gasteiger partial charge is 0.332 e. The van der Waals surface area contributed by atoms with Gasteiger partial charge in [-0.2, -0.15) is 4.31 Å². The van der Waals surface area contributed by atoms with Crippen LogP contribution in [0.4, 0.5) is 5.69 Å². The summed E-state index contributed by atoms with van der Waals surface area (Å²) in [5, 5.41) is 4.87. The summed E-state index contributed by atoms with van der Waals surface area (Å²) in [7, 11) is -1.97. The van der Waals surface area contributed by atoms with E-state index in [1.807, 2.05) is 37.4 Å². The van der Waals surface area contributed by atoms with Crippen molar-refractivity contribution in [2.24, 2.45) is 5.92 Å². The van der Waals surface area contributed by atoms with E-state index in [0.717, 1.165) is 0 Å². The number of carbonyl (C=O) groups is 1. The van der Waals surface area contributed by atoms with Crippen molar-refractivity contribution in [1.29, 1.82) is 0 Å². The van der Waals surface area contributed by atoms with E-state index in [1.54, 1.807) is 19.2 Å². The van der Waals surface area contributed by atoms with Crippen LogP contribution >= 0.6 is 0 Å². The molecule has 0 fully saturated rings. The number of rotatable bonds is 9. The van der Waals surface area contributed by atoms with Gasteiger partial charge in [0.2, 0.25) is 10.0 Å². The summed E-state index contributed by atoms with van der Waals surface area (Å²) in [4.78, 5) is 12.6. The van der Waals surface area contributed by atoms with Gasteiger partial charge in [-0.3, -0.25) is 4.79 Å². The maximum atomic E-state index is 12.5. The van der Waals surface area contributed by atoms with Gasteiger partial charge in [-0.05, 0) is 38.1 Å². The minimum Gasteiger partial charge on any atom is -0.332 e. The molecule has 0 aromatic heterocycles. The van der Waals surface area contributed by atoms with Gasteiger partial charge in [0.05, 0.1) is 4.90 Å². The number of nitrogens with zero attached hydrogens (tertiary/aromatic N) is 1. The Balaban J connectivity index is 1.99. The second kappa shape index (κ2) is 10.0. The number of quaternary nitrogens is 1. The van der Waals surface area contributed by atoms with E-state index in [-0.39, 0.29) is 29.4 Å². The minimum absolute atomic E-state index is 0.124. The molecule has 0 aliphatic carbocycles. The van der Waals surface area contributed by atoms with E-state index in [9.17, 15) is 13.2 Å². The number of sulfonamides is 1. The molecule has 0 unspecified atom stereocenters. The van der Waals surface area contributed by atoms with Crippen LogP contribution < -0.4 is 10.6 Å². The molecule has 0 aliphatic heterocycles. The van der Waals surface area contributed by atoms with Crippen molar-refractivity contribution in [1.82, 2.24) is 4.31 Å². The molecule has 2 aromatic carbocycles. The molecule has 6 nitrogen and oxygen atoms in total. The lowest BCUT2D eigenvalue weighted by atomic mass is 9.96. The molecule has 2 aromatic rings. The summed E-state index contributed by atoms with van der Waals surface area (Å²) in [6, 6.07) is 16.5. The molecule has 0 aliphatic rings. The van der Waals surface area contributed by atoms with Crippen LogP contribution in [0.25, 0.3) is 0 Å². The molecule has 7 heteroatoms. The summed E-state index contributed by atoms with van der Waals surface area (Å²) >= 11 is 0. The summed E-state index contributed by atoms with van der Waals surface area (Å²) in [5.41, 5.74) is 1.77. The Labute approximate surface area is 174 Å². The van der Waals surface area contributed by atoms with Crippen LogP contribution in [0.2, 0.25) is 0 Å². The quantitative estimate of drug-likeness (QED) is 0.657. The van der Waals surface area contributed by atoms with E-state index in [0.29, 0.717) is 11.6 Å². The molecular weight excluding hydrogens is 386 g/mol. The van der Waals surface area contributed by atoms with Gasteiger partial charge in [-0.15, -0.1) is 0 Å². The summed E-state index contributed by atoms with van der Waals surface area (Å²) in [6.07, 6.45) is 0. The number of carbonyl (C=O) groups excluding carboxylic acids is 1. The van der Waals surface area contributed by atoms with Gasteiger partial charge in [-0.1, -0.05) is 44.2 Å². The number of benzene rings is 2. The summed E-state index contributed by atoms with van der Waals surface area (Å²) in [6.45, 7) is 8.21. The third-order valence-electron chi connectivity index (χ3n) is 5.00. The number of nitrogens with two attached hydrogens (primary N) is 1. The Hall–Kier alpha value is -2.22. The maximum absolute atomic E-state index is 12.5. The van der Waals surface area contributed by atoms with Crippen molar-refractivity contribution in [2.75, 3.05) is 18.9 Å². The topological polar surface area (TPSA) is 83.1 Å². The predicted octanol–water partition coefficient (Wildman–Crippen LogP) is 2.61. The summed E-state index contributed by atoms with van der Waals surface area (Å²) in [5.74, 6) is 0.258. The van der Waals surface area contributed by atoms with E-state index in [2.05, 4.69) is 31.3 Å². The van der Waals surface area contributed by atoms with Crippen molar-refractivity contribution in [3.63, 3.8) is 0 Å². The molecule has 3 N–H and O–H groups in total. The molecule has 29 heavy (non-hydrogen) atoms. The first kappa shape index (κ1) is 23.1. The second-order valence-corrected chi connectivity index (χ2v) is 9.81. The average Bonchev–Trinajstić information content (AvgIpc) is 2.68. The van der Waals surface area contributed by atoms with Gasteiger partial charge in [0.1, 0.15) is 6.04 Å². The standard InChI is InChI=1S/C22H31N3O3S/c1-16(2)22(18-9-7-6-8-10-18)23-15-21(26)24-19-11-13-20(14-12-19)29(27,28)25(5)17(3)4/h6-14,16-17,22-23H,15H2,1-5H3,(H,24,26)/p+1/t22-/m0/s1. The third kappa shape index (κ3) is 6.13. The fourth-order valence-electron chi connectivity index (χ4n) is 3.07. The Bertz CT molecular complexity index is 895. The lowest BCUT2D eigenvalue weighted by molar-refractivity contribution is -0.692. The summed E-state index contributed by atoms with van der Waals surface area (Å²) < 4.78 is 26.4. The molecule has 158 valence electrons. The van der Waals surface area contributed by atoms with Crippen LogP contribution in [0.1, 0.15) is 39.3 Å². The fourth-order valence-corrected chi connectivity index (χ4v) is 4.44. The van der Waals surface area contributed by atoms with Gasteiger partial charge in [0, 0.05) is 30.3 Å². The zero-order valence-electron chi connectivity index (χ0n) is 17.8. The zero-order chi connectivity index (χ0) is 21.6. The van der Waals surface area contributed by atoms with Crippen LogP contribution in [-0.2, 0) is 14.8 Å². The molecule has 1 amide bonds. The van der Waals surface area contributed by atoms with Crippen molar-refractivity contribution in [3.05, 3.63) is 60.2 Å². The second-order valence-electron chi connectivity index (χ2n) is 7.81. The van der Waals surface area contributed by atoms with E-state index < -0.39 is 10.0 Å². The first-order chi connectivity index (χ1) is 13.6. The van der Waals surface area contributed by atoms with E-state index in [1.165, 1.54) is 22.0 Å². The Morgan fingerprint density at radius 1 is 1.00 bits per heavy atom. The first-order valence-electron chi connectivity index (χ1n) is 9.89. The number of anilines is 1. The normalized spacial score (nSPS) is 13.1. The maximum Gasteiger partial charge on any atom is 0.279 e. The van der Waals surface area contributed by atoms with Gasteiger partial charge < -0.3 is 10.6 Å². The van der Waals surface area contributed by atoms with Crippen LogP contribution in [0.15, 0.2) is 59.5 Å². The van der Waals surface area contributed by atoms with Crippen LogP contribution in [0.3, 0.4) is 0 Å². The highest BCUT2D eigenvalue weighted by atomic mass is 32.2. The highest BCUT2D eigenvalue weighted by molar-refractivity contribution is 7.89. The number of hydrogen-bond donors (Lipinski definition) is 2. The predicted molar refractivity (Wildman–Crippen MR) is 116 cm³/mol. The molecule has 2 rings (SSSR count). The van der Waals surface area contributed by atoms with Crippen LogP contribution in [0, 0.1) is 5.92 Å². The van der Waals surface area contributed by atoms with Crippen molar-refractivity contribution >= 4 is 21.6 Å². The molecule has 0 spiro atoms. The lowest BCUT2D eigenvalue weighted by Gasteiger charge is -2.21. The molecule has 1 atom stereocenters. The molecule has 0 bridgehead atoms. The van der Waals surface area contributed by atoms with Gasteiger partial charge in [0.15, 0.2) is 6.54 Å². The highest BCUT2D eigenvalue weighted by Crippen LogP contribution is 2.19. The monoisotopic (exact) mass is 418 g/mol. The molecule has 0 heterocycles. The fraction of sp³-hybridized carbons (Fsp3) is 0.409. The molecular formula is C22H32N3O3S+. The highest BCUT2D eigenvalue weighted by Gasteiger charge is 2.23. The van der Waals surface area contributed by atoms with Gasteiger partial charge >= 0.3 is 0 Å². The van der Waals surface area contributed by atoms with Crippen molar-refractivity contribution in [2.45, 2.75) is 44.7 Å². The first-order valence-corrected chi connectivity index (χ1v) is 11.3. The Kier molecular flexibility index (Phi) is 7.96. The molecule has 0 radical (unpaired) electrons. The van der Waals surface area contributed by atoms with Crippen LogP contribution in [-0.4, -0.2) is 38.3 Å². The molecule has 0 saturated carbocycles. The van der Waals surface area contributed by atoms with Crippen molar-refractivity contribution < 1.29 is 18.5 Å². The third-order valence-corrected chi connectivity index (χ3v) is 7.05. The van der Waals surface area contributed by atoms with Gasteiger partial charge in [-0.25, -0.2) is 8.42 Å². The van der Waals surface area contributed by atoms with Crippen LogP contribution in [0.5, 0.6) is 0 Å². The Morgan fingerprint density at radius 2 is 1.59 bits per heavy atom.